The summed E-state index contributed by atoms with van der Waals surface area (Å²) in [6.07, 6.45) is 0.696. The largest absolute Gasteiger partial charge is 0.497 e. The van der Waals surface area contributed by atoms with Crippen molar-refractivity contribution in [2.75, 3.05) is 7.11 Å². The van der Waals surface area contributed by atoms with Crippen LogP contribution >= 0.6 is 0 Å². The molecule has 0 spiro atoms. The first kappa shape index (κ1) is 21.0. The van der Waals surface area contributed by atoms with Gasteiger partial charge in [0.2, 0.25) is 5.69 Å². The minimum Gasteiger partial charge on any atom is -0.497 e. The number of nitrogens with zero attached hydrogens (tertiary/aromatic N) is 3. The number of rotatable bonds is 7. The summed E-state index contributed by atoms with van der Waals surface area (Å²) in [5.41, 5.74) is -0.557. The minimum atomic E-state index is -0.740. The van der Waals surface area contributed by atoms with E-state index in [0.29, 0.717) is 23.4 Å². The molecule has 156 valence electrons. The molecule has 0 saturated carbocycles. The number of ether oxygens (including phenoxy) is 1. The van der Waals surface area contributed by atoms with Crippen LogP contribution in [0.3, 0.4) is 0 Å². The molecule has 0 radical (unpaired) electrons. The first-order chi connectivity index (χ1) is 14.4. The van der Waals surface area contributed by atoms with Crippen LogP contribution in [0.25, 0.3) is 5.69 Å². The average molecular weight is 408 g/mol. The molecule has 0 saturated heterocycles. The number of carbonyl (C=O) groups excluding carboxylic acids is 1. The second-order valence-corrected chi connectivity index (χ2v) is 6.90. The Bertz CT molecular complexity index is 1150. The number of benzene rings is 2. The predicted molar refractivity (Wildman–Crippen MR) is 113 cm³/mol. The lowest BCUT2D eigenvalue weighted by Crippen LogP contribution is -2.47. The van der Waals surface area contributed by atoms with Crippen LogP contribution in [-0.4, -0.2) is 33.4 Å². The Balaban J connectivity index is 2.16. The number of aromatic nitrogens is 3. The van der Waals surface area contributed by atoms with E-state index in [2.05, 4.69) is 10.4 Å². The van der Waals surface area contributed by atoms with Crippen LogP contribution in [0.4, 0.5) is 0 Å². The molecule has 0 fully saturated rings. The third-order valence-corrected chi connectivity index (χ3v) is 4.74. The van der Waals surface area contributed by atoms with Crippen molar-refractivity contribution in [3.63, 3.8) is 0 Å². The maximum absolute atomic E-state index is 13.1. The van der Waals surface area contributed by atoms with Crippen LogP contribution in [-0.2, 0) is 6.54 Å². The van der Waals surface area contributed by atoms with Gasteiger partial charge in [0.1, 0.15) is 5.75 Å². The normalized spacial score (nSPS) is 11.7. The molecule has 8 heteroatoms. The summed E-state index contributed by atoms with van der Waals surface area (Å²) in [7, 11) is 1.54. The van der Waals surface area contributed by atoms with Gasteiger partial charge in [-0.2, -0.15) is 9.78 Å². The van der Waals surface area contributed by atoms with Crippen LogP contribution in [0.2, 0.25) is 0 Å². The van der Waals surface area contributed by atoms with Crippen molar-refractivity contribution in [2.24, 2.45) is 0 Å². The fourth-order valence-corrected chi connectivity index (χ4v) is 2.88. The van der Waals surface area contributed by atoms with Crippen molar-refractivity contribution >= 4 is 5.91 Å². The second kappa shape index (κ2) is 9.21. The SMILES string of the molecule is CC[C@@H](C)NC(=O)c1nn(-c2ccccc2)c(=O)n(Cc2cccc(OC)c2)c1=O. The van der Waals surface area contributed by atoms with Crippen LogP contribution in [0.15, 0.2) is 64.2 Å². The summed E-state index contributed by atoms with van der Waals surface area (Å²) in [5, 5.41) is 6.84. The smallest absolute Gasteiger partial charge is 0.352 e. The van der Waals surface area contributed by atoms with Crippen LogP contribution in [0.5, 0.6) is 5.75 Å². The van der Waals surface area contributed by atoms with Gasteiger partial charge in [0.15, 0.2) is 0 Å². The molecule has 1 aromatic heterocycles. The molecule has 0 aliphatic rings. The van der Waals surface area contributed by atoms with E-state index in [1.807, 2.05) is 13.8 Å². The van der Waals surface area contributed by atoms with Gasteiger partial charge in [-0.25, -0.2) is 4.79 Å². The Kier molecular flexibility index (Phi) is 6.46. The fraction of sp³-hybridized carbons (Fsp3) is 0.273. The van der Waals surface area contributed by atoms with Crippen LogP contribution < -0.4 is 21.3 Å². The zero-order valence-corrected chi connectivity index (χ0v) is 17.2. The minimum absolute atomic E-state index is 0.0200. The highest BCUT2D eigenvalue weighted by atomic mass is 16.5. The number of para-hydroxylation sites is 1. The van der Waals surface area contributed by atoms with E-state index in [0.717, 1.165) is 9.25 Å². The van der Waals surface area contributed by atoms with Crippen LogP contribution in [0, 0.1) is 0 Å². The van der Waals surface area contributed by atoms with E-state index in [4.69, 9.17) is 4.74 Å². The molecule has 0 bridgehead atoms. The van der Waals surface area contributed by atoms with E-state index in [1.54, 1.807) is 54.6 Å². The summed E-state index contributed by atoms with van der Waals surface area (Å²) in [5.74, 6) is -0.00819. The van der Waals surface area contributed by atoms with Gasteiger partial charge in [-0.1, -0.05) is 37.3 Å². The average Bonchev–Trinajstić information content (AvgIpc) is 2.77. The summed E-state index contributed by atoms with van der Waals surface area (Å²) >= 11 is 0. The lowest BCUT2D eigenvalue weighted by atomic mass is 10.2. The molecule has 1 N–H and O–H groups in total. The standard InChI is InChI=1S/C22H24N4O4/c1-4-15(2)23-20(27)19-21(28)25(14-16-9-8-12-18(13-16)30-3)22(29)26(24-19)17-10-6-5-7-11-17/h5-13,15H,4,14H2,1-3H3,(H,23,27)/t15-/m1/s1. The van der Waals surface area contributed by atoms with Crippen molar-refractivity contribution < 1.29 is 9.53 Å². The number of hydrogen-bond acceptors (Lipinski definition) is 5. The van der Waals surface area contributed by atoms with E-state index in [1.165, 1.54) is 7.11 Å². The number of hydrogen-bond donors (Lipinski definition) is 1. The Morgan fingerprint density at radius 2 is 1.87 bits per heavy atom. The molecule has 3 aromatic rings. The quantitative estimate of drug-likeness (QED) is 0.645. The highest BCUT2D eigenvalue weighted by Crippen LogP contribution is 2.13. The van der Waals surface area contributed by atoms with Gasteiger partial charge in [0.05, 0.1) is 19.3 Å². The molecule has 8 nitrogen and oxygen atoms in total. The first-order valence-corrected chi connectivity index (χ1v) is 9.68. The van der Waals surface area contributed by atoms with Gasteiger partial charge >= 0.3 is 5.69 Å². The maximum Gasteiger partial charge on any atom is 0.352 e. The van der Waals surface area contributed by atoms with Gasteiger partial charge in [-0.3, -0.25) is 14.2 Å². The molecular formula is C22H24N4O4. The first-order valence-electron chi connectivity index (χ1n) is 9.68. The monoisotopic (exact) mass is 408 g/mol. The molecule has 3 rings (SSSR count). The van der Waals surface area contributed by atoms with Gasteiger partial charge in [0, 0.05) is 6.04 Å². The molecular weight excluding hydrogens is 384 g/mol. The molecule has 2 aromatic carbocycles. The molecule has 1 atom stereocenters. The fourth-order valence-electron chi connectivity index (χ4n) is 2.88. The molecule has 0 aliphatic heterocycles. The van der Waals surface area contributed by atoms with Gasteiger partial charge in [-0.15, -0.1) is 0 Å². The maximum atomic E-state index is 13.1. The van der Waals surface area contributed by atoms with E-state index in [9.17, 15) is 14.4 Å². The summed E-state index contributed by atoms with van der Waals surface area (Å²) in [6.45, 7) is 3.73. The zero-order chi connectivity index (χ0) is 21.7. The third-order valence-electron chi connectivity index (χ3n) is 4.74. The van der Waals surface area contributed by atoms with Gasteiger partial charge in [0.25, 0.3) is 11.5 Å². The van der Waals surface area contributed by atoms with Crippen molar-refractivity contribution in [1.29, 1.82) is 0 Å². The van der Waals surface area contributed by atoms with Crippen molar-refractivity contribution in [3.8, 4) is 11.4 Å². The highest BCUT2D eigenvalue weighted by molar-refractivity contribution is 5.91. The molecule has 1 heterocycles. The third kappa shape index (κ3) is 4.48. The number of methoxy groups -OCH3 is 1. The van der Waals surface area contributed by atoms with E-state index >= 15 is 0 Å². The Morgan fingerprint density at radius 3 is 2.53 bits per heavy atom. The molecule has 1 amide bonds. The highest BCUT2D eigenvalue weighted by Gasteiger charge is 2.21. The number of nitrogens with one attached hydrogen (secondary N) is 1. The summed E-state index contributed by atoms with van der Waals surface area (Å²) in [4.78, 5) is 38.9. The lowest BCUT2D eigenvalue weighted by molar-refractivity contribution is 0.0929. The molecule has 0 unspecified atom stereocenters. The van der Waals surface area contributed by atoms with Crippen LogP contribution in [0.1, 0.15) is 36.3 Å². The van der Waals surface area contributed by atoms with Gasteiger partial charge in [-0.05, 0) is 43.2 Å². The number of amides is 1. The summed E-state index contributed by atoms with van der Waals surface area (Å²) < 4.78 is 7.31. The Labute approximate surface area is 173 Å². The van der Waals surface area contributed by atoms with E-state index in [-0.39, 0.29) is 18.3 Å². The number of carbonyl (C=O) groups is 1. The van der Waals surface area contributed by atoms with Gasteiger partial charge < -0.3 is 10.1 Å². The predicted octanol–water partition coefficient (Wildman–Crippen LogP) is 1.98. The molecule has 0 aliphatic carbocycles. The Hall–Kier alpha value is -3.68. The zero-order valence-electron chi connectivity index (χ0n) is 17.2. The van der Waals surface area contributed by atoms with Crippen molar-refractivity contribution in [1.82, 2.24) is 19.7 Å². The lowest BCUT2D eigenvalue weighted by Gasteiger charge is -2.14. The van der Waals surface area contributed by atoms with Crippen molar-refractivity contribution in [3.05, 3.63) is 86.7 Å². The Morgan fingerprint density at radius 1 is 1.13 bits per heavy atom. The topological polar surface area (TPSA) is 95.2 Å². The molecule has 30 heavy (non-hydrogen) atoms. The second-order valence-electron chi connectivity index (χ2n) is 6.90. The van der Waals surface area contributed by atoms with Crippen molar-refractivity contribution in [2.45, 2.75) is 32.9 Å². The van der Waals surface area contributed by atoms with E-state index < -0.39 is 17.2 Å². The summed E-state index contributed by atoms with van der Waals surface area (Å²) in [6, 6.07) is 15.6.